The van der Waals surface area contributed by atoms with Gasteiger partial charge in [-0.3, -0.25) is 5.32 Å². The first kappa shape index (κ1) is 14.3. The van der Waals surface area contributed by atoms with Crippen molar-refractivity contribution in [3.05, 3.63) is 29.6 Å². The van der Waals surface area contributed by atoms with E-state index in [1.54, 1.807) is 4.90 Å². The van der Waals surface area contributed by atoms with Gasteiger partial charge in [-0.2, -0.15) is 0 Å². The Morgan fingerprint density at radius 1 is 1.40 bits per heavy atom. The second-order valence-corrected chi connectivity index (χ2v) is 5.12. The molecule has 3 N–H and O–H groups in total. The van der Waals surface area contributed by atoms with Crippen LogP contribution in [0.5, 0.6) is 0 Å². The largest absolute Gasteiger partial charge is 0.399 e. The molecule has 2 rings (SSSR count). The zero-order chi connectivity index (χ0) is 14.5. The Kier molecular flexibility index (Phi) is 4.57. The molecule has 0 aliphatic carbocycles. The van der Waals surface area contributed by atoms with Gasteiger partial charge in [0, 0.05) is 29.7 Å². The Balaban J connectivity index is 2.11. The van der Waals surface area contributed by atoms with Crippen LogP contribution >= 0.6 is 11.3 Å². The maximum absolute atomic E-state index is 11.9. The second kappa shape index (κ2) is 6.38. The summed E-state index contributed by atoms with van der Waals surface area (Å²) in [6, 6.07) is 7.41. The zero-order valence-corrected chi connectivity index (χ0v) is 12.4. The van der Waals surface area contributed by atoms with Gasteiger partial charge in [-0.05, 0) is 26.0 Å². The Morgan fingerprint density at radius 2 is 2.15 bits per heavy atom. The molecule has 20 heavy (non-hydrogen) atoms. The Hall–Kier alpha value is -2.08. The summed E-state index contributed by atoms with van der Waals surface area (Å²) in [5.41, 5.74) is 8.22. The van der Waals surface area contributed by atoms with Gasteiger partial charge in [0.25, 0.3) is 0 Å². The summed E-state index contributed by atoms with van der Waals surface area (Å²) >= 11 is 1.41. The molecule has 0 fully saturated rings. The fraction of sp³-hybridized carbons (Fsp3) is 0.286. The number of benzene rings is 1. The number of nitrogens with two attached hydrogens (primary N) is 1. The molecule has 2 amide bonds. The minimum atomic E-state index is -0.122. The van der Waals surface area contributed by atoms with E-state index >= 15 is 0 Å². The molecule has 0 aliphatic heterocycles. The smallest absolute Gasteiger partial charge is 0.323 e. The van der Waals surface area contributed by atoms with Crippen LogP contribution in [0.15, 0.2) is 29.6 Å². The number of nitrogens with one attached hydrogen (secondary N) is 1. The number of hydrogen-bond donors (Lipinski definition) is 2. The lowest BCUT2D eigenvalue weighted by Gasteiger charge is -2.17. The maximum Gasteiger partial charge on any atom is 0.323 e. The Morgan fingerprint density at radius 3 is 2.80 bits per heavy atom. The quantitative estimate of drug-likeness (QED) is 0.849. The SMILES string of the molecule is CCN(CC)C(=O)Nc1nc(-c2cccc(N)c2)cs1. The highest BCUT2D eigenvalue weighted by Gasteiger charge is 2.12. The number of carbonyl (C=O) groups excluding carboxylic acids is 1. The molecule has 1 aromatic carbocycles. The molecule has 0 atom stereocenters. The van der Waals surface area contributed by atoms with Crippen molar-refractivity contribution in [3.8, 4) is 11.3 Å². The van der Waals surface area contributed by atoms with E-state index in [0.29, 0.717) is 23.9 Å². The number of nitrogens with zero attached hydrogens (tertiary/aromatic N) is 2. The molecule has 106 valence electrons. The molecule has 0 aliphatic rings. The molecule has 0 bridgehead atoms. The van der Waals surface area contributed by atoms with E-state index in [1.807, 2.05) is 43.5 Å². The van der Waals surface area contributed by atoms with E-state index in [-0.39, 0.29) is 6.03 Å². The van der Waals surface area contributed by atoms with Crippen molar-refractivity contribution in [2.24, 2.45) is 0 Å². The summed E-state index contributed by atoms with van der Waals surface area (Å²) in [5.74, 6) is 0. The highest BCUT2D eigenvalue weighted by molar-refractivity contribution is 7.14. The lowest BCUT2D eigenvalue weighted by Crippen LogP contribution is -2.34. The predicted octanol–water partition coefficient (Wildman–Crippen LogP) is 3.27. The van der Waals surface area contributed by atoms with Gasteiger partial charge in [0.05, 0.1) is 5.69 Å². The molecule has 5 nitrogen and oxygen atoms in total. The van der Waals surface area contributed by atoms with Crippen molar-refractivity contribution < 1.29 is 4.79 Å². The van der Waals surface area contributed by atoms with E-state index in [4.69, 9.17) is 5.73 Å². The number of amides is 2. The average Bonchev–Trinajstić information content (AvgIpc) is 2.88. The number of anilines is 2. The summed E-state index contributed by atoms with van der Waals surface area (Å²) in [6.45, 7) is 5.25. The van der Waals surface area contributed by atoms with E-state index in [1.165, 1.54) is 11.3 Å². The molecule has 0 radical (unpaired) electrons. The standard InChI is InChI=1S/C14H18N4OS/c1-3-18(4-2)14(19)17-13-16-12(9-20-13)10-6-5-7-11(15)8-10/h5-9H,3-4,15H2,1-2H3,(H,16,17,19). The number of nitrogen functional groups attached to an aromatic ring is 1. The molecular formula is C14H18N4OS. The molecule has 0 saturated heterocycles. The molecule has 1 heterocycles. The molecule has 0 unspecified atom stereocenters. The topological polar surface area (TPSA) is 71.2 Å². The third-order valence-corrected chi connectivity index (χ3v) is 3.71. The number of thiazole rings is 1. The van der Waals surface area contributed by atoms with Crippen LogP contribution in [0.3, 0.4) is 0 Å². The van der Waals surface area contributed by atoms with Crippen molar-refractivity contribution >= 4 is 28.2 Å². The van der Waals surface area contributed by atoms with Crippen LogP contribution < -0.4 is 11.1 Å². The van der Waals surface area contributed by atoms with Gasteiger partial charge in [-0.15, -0.1) is 11.3 Å². The second-order valence-electron chi connectivity index (χ2n) is 4.27. The van der Waals surface area contributed by atoms with Gasteiger partial charge in [-0.1, -0.05) is 12.1 Å². The lowest BCUT2D eigenvalue weighted by atomic mass is 10.1. The number of urea groups is 1. The van der Waals surface area contributed by atoms with Gasteiger partial charge in [0.2, 0.25) is 0 Å². The summed E-state index contributed by atoms with van der Waals surface area (Å²) < 4.78 is 0. The third kappa shape index (κ3) is 3.27. The van der Waals surface area contributed by atoms with Gasteiger partial charge < -0.3 is 10.6 Å². The number of carbonyl (C=O) groups is 1. The number of rotatable bonds is 4. The van der Waals surface area contributed by atoms with Crippen LogP contribution in [0.2, 0.25) is 0 Å². The first-order chi connectivity index (χ1) is 9.63. The summed E-state index contributed by atoms with van der Waals surface area (Å²) in [4.78, 5) is 18.1. The lowest BCUT2D eigenvalue weighted by molar-refractivity contribution is 0.217. The molecule has 6 heteroatoms. The van der Waals surface area contributed by atoms with Crippen molar-refractivity contribution in [3.63, 3.8) is 0 Å². The van der Waals surface area contributed by atoms with Crippen LogP contribution in [0.4, 0.5) is 15.6 Å². The first-order valence-corrected chi connectivity index (χ1v) is 7.39. The summed E-state index contributed by atoms with van der Waals surface area (Å²) in [7, 11) is 0. The summed E-state index contributed by atoms with van der Waals surface area (Å²) in [5, 5.41) is 5.32. The van der Waals surface area contributed by atoms with E-state index in [0.717, 1.165) is 11.3 Å². The van der Waals surface area contributed by atoms with Crippen LogP contribution in [-0.2, 0) is 0 Å². The van der Waals surface area contributed by atoms with Gasteiger partial charge in [-0.25, -0.2) is 9.78 Å². The zero-order valence-electron chi connectivity index (χ0n) is 11.6. The minimum Gasteiger partial charge on any atom is -0.399 e. The maximum atomic E-state index is 11.9. The first-order valence-electron chi connectivity index (χ1n) is 6.51. The van der Waals surface area contributed by atoms with Gasteiger partial charge in [0.15, 0.2) is 5.13 Å². The number of hydrogen-bond acceptors (Lipinski definition) is 4. The van der Waals surface area contributed by atoms with Crippen LogP contribution in [0, 0.1) is 0 Å². The average molecular weight is 290 g/mol. The molecule has 0 saturated carbocycles. The highest BCUT2D eigenvalue weighted by Crippen LogP contribution is 2.26. The fourth-order valence-corrected chi connectivity index (χ4v) is 2.55. The number of aromatic nitrogens is 1. The van der Waals surface area contributed by atoms with E-state index in [9.17, 15) is 4.79 Å². The Labute approximate surface area is 122 Å². The van der Waals surface area contributed by atoms with Crippen molar-refractivity contribution in [1.29, 1.82) is 0 Å². The normalized spacial score (nSPS) is 10.3. The molecule has 2 aromatic rings. The van der Waals surface area contributed by atoms with E-state index < -0.39 is 0 Å². The minimum absolute atomic E-state index is 0.122. The van der Waals surface area contributed by atoms with Crippen molar-refractivity contribution in [1.82, 2.24) is 9.88 Å². The molecule has 0 spiro atoms. The monoisotopic (exact) mass is 290 g/mol. The van der Waals surface area contributed by atoms with E-state index in [2.05, 4.69) is 10.3 Å². The van der Waals surface area contributed by atoms with Crippen LogP contribution in [-0.4, -0.2) is 29.0 Å². The summed E-state index contributed by atoms with van der Waals surface area (Å²) in [6.07, 6.45) is 0. The predicted molar refractivity (Wildman–Crippen MR) is 83.9 cm³/mol. The van der Waals surface area contributed by atoms with Crippen LogP contribution in [0.1, 0.15) is 13.8 Å². The van der Waals surface area contributed by atoms with Gasteiger partial charge in [0.1, 0.15) is 0 Å². The van der Waals surface area contributed by atoms with Crippen molar-refractivity contribution in [2.75, 3.05) is 24.1 Å². The highest BCUT2D eigenvalue weighted by atomic mass is 32.1. The van der Waals surface area contributed by atoms with Crippen molar-refractivity contribution in [2.45, 2.75) is 13.8 Å². The van der Waals surface area contributed by atoms with Crippen LogP contribution in [0.25, 0.3) is 11.3 Å². The van der Waals surface area contributed by atoms with Gasteiger partial charge >= 0.3 is 6.03 Å². The Bertz CT molecular complexity index is 592. The third-order valence-electron chi connectivity index (χ3n) is 2.95. The molecule has 1 aromatic heterocycles. The molecular weight excluding hydrogens is 272 g/mol. The fourth-order valence-electron chi connectivity index (χ4n) is 1.84.